The summed E-state index contributed by atoms with van der Waals surface area (Å²) in [5.41, 5.74) is 11.1. The van der Waals surface area contributed by atoms with Crippen LogP contribution in [0.2, 0.25) is 0 Å². The van der Waals surface area contributed by atoms with Crippen molar-refractivity contribution in [3.05, 3.63) is 217 Å². The molecule has 0 unspecified atom stereocenters. The number of halogens is 1. The van der Waals surface area contributed by atoms with Crippen LogP contribution >= 0.6 is 0 Å². The lowest BCUT2D eigenvalue weighted by molar-refractivity contribution is 0.0716. The van der Waals surface area contributed by atoms with Gasteiger partial charge in [-0.3, -0.25) is 9.80 Å². The van der Waals surface area contributed by atoms with E-state index in [4.69, 9.17) is 9.47 Å². The van der Waals surface area contributed by atoms with Gasteiger partial charge in [-0.15, -0.1) is 0 Å². The number of ether oxygens (including phenoxy) is 2. The van der Waals surface area contributed by atoms with Crippen LogP contribution in [0.5, 0.6) is 23.0 Å². The van der Waals surface area contributed by atoms with E-state index in [0.29, 0.717) is 68.1 Å². The molecule has 3 heterocycles. The maximum absolute atomic E-state index is 19.4. The van der Waals surface area contributed by atoms with E-state index in [0.717, 1.165) is 44.5 Å². The van der Waals surface area contributed by atoms with Crippen LogP contribution in [-0.4, -0.2) is 11.9 Å². The van der Waals surface area contributed by atoms with Gasteiger partial charge in [0.2, 0.25) is 0 Å². The predicted octanol–water partition coefficient (Wildman–Crippen LogP) is 16.9. The maximum atomic E-state index is 19.4. The average molecular weight is 899 g/mol. The molecule has 69 heavy (non-hydrogen) atoms. The number of rotatable bonds is 6. The zero-order valence-electron chi connectivity index (χ0n) is 39.0. The summed E-state index contributed by atoms with van der Waals surface area (Å²) < 4.78 is 33.4. The lowest BCUT2D eigenvalue weighted by Gasteiger charge is -2.40. The monoisotopic (exact) mass is 898 g/mol. The third-order valence-corrected chi connectivity index (χ3v) is 14.5. The summed E-state index contributed by atoms with van der Waals surface area (Å²) in [5, 5.41) is 11.9. The first-order valence-corrected chi connectivity index (χ1v) is 23.3. The Labute approximate surface area is 402 Å². The molecule has 7 heteroatoms. The lowest BCUT2D eigenvalue weighted by atomic mass is 9.83. The van der Waals surface area contributed by atoms with Gasteiger partial charge in [0.1, 0.15) is 11.8 Å². The Bertz CT molecular complexity index is 3370. The molecule has 0 N–H and O–H groups in total. The van der Waals surface area contributed by atoms with E-state index >= 15 is 4.39 Å². The summed E-state index contributed by atoms with van der Waals surface area (Å²) in [6, 6.07) is 67.9. The number of nitriles is 1. The van der Waals surface area contributed by atoms with Crippen molar-refractivity contribution >= 4 is 34.1 Å². The Morgan fingerprint density at radius 1 is 0.406 bits per heavy atom. The van der Waals surface area contributed by atoms with Crippen molar-refractivity contribution in [3.63, 3.8) is 0 Å². The van der Waals surface area contributed by atoms with E-state index in [1.165, 1.54) is 0 Å². The number of fused-ring (bicyclic) bond motifs is 5. The van der Waals surface area contributed by atoms with Crippen molar-refractivity contribution in [2.45, 2.75) is 38.8 Å². The van der Waals surface area contributed by atoms with E-state index in [1.54, 1.807) is 0 Å². The zero-order valence-corrected chi connectivity index (χ0v) is 39.0. The second-order valence-electron chi connectivity index (χ2n) is 19.0. The van der Waals surface area contributed by atoms with Crippen LogP contribution in [0, 0.1) is 17.1 Å². The molecule has 0 aliphatic carbocycles. The maximum Gasteiger partial charge on any atom is 0.154 e. The average Bonchev–Trinajstić information content (AvgIpc) is 3.53. The van der Waals surface area contributed by atoms with Crippen molar-refractivity contribution in [1.82, 2.24) is 4.90 Å². The minimum Gasteiger partial charge on any atom is -0.453 e. The quantitative estimate of drug-likeness (QED) is 0.166. The Kier molecular flexibility index (Phi) is 9.63. The van der Waals surface area contributed by atoms with Gasteiger partial charge >= 0.3 is 0 Å². The molecule has 9 aromatic carbocycles. The third kappa shape index (κ3) is 6.55. The molecule has 0 spiro atoms. The molecule has 6 nitrogen and oxygen atoms in total. The first-order valence-electron chi connectivity index (χ1n) is 23.3. The van der Waals surface area contributed by atoms with Gasteiger partial charge in [0, 0.05) is 16.6 Å². The summed E-state index contributed by atoms with van der Waals surface area (Å²) in [7, 11) is 2.02. The first kappa shape index (κ1) is 42.0. The van der Waals surface area contributed by atoms with Crippen molar-refractivity contribution in [1.29, 1.82) is 5.26 Å². The highest BCUT2D eigenvalue weighted by molar-refractivity contribution is 6.02. The summed E-state index contributed by atoms with van der Waals surface area (Å²) in [6.07, 6.45) is 0. The standard InChI is InChI=1S/C62H47FN4O2/c1-61(2)56-47(38-64)59(66-48-30-26-43(39-18-10-6-11-19-39)34-52(48)68-53-35-44(27-31-49(53)66)40-20-12-7-13-21-40)60(58(63)57(56)62(3,4)65(61)5)67-50-32-28-45(41-22-14-8-15-23-41)36-54(50)69-55-37-46(29-33-51(55)67)42-24-16-9-17-25-42/h6-37H,1-5H3. The van der Waals surface area contributed by atoms with Gasteiger partial charge in [-0.25, -0.2) is 4.39 Å². The Hall–Kier alpha value is -8.44. The van der Waals surface area contributed by atoms with Crippen molar-refractivity contribution < 1.29 is 13.9 Å². The van der Waals surface area contributed by atoms with Crippen LogP contribution in [0.25, 0.3) is 44.5 Å². The SMILES string of the molecule is CN1C(C)(C)c2c(F)c(N3c4ccc(-c5ccccc5)cc4Oc4cc(-c5ccccc5)ccc43)c(N3c4ccc(-c5ccccc5)cc4Oc4cc(-c5ccccc5)ccc43)c(C#N)c2C1(C)C. The van der Waals surface area contributed by atoms with Crippen molar-refractivity contribution in [3.8, 4) is 73.6 Å². The van der Waals surface area contributed by atoms with Crippen molar-refractivity contribution in [2.75, 3.05) is 16.8 Å². The fourth-order valence-corrected chi connectivity index (χ4v) is 10.8. The van der Waals surface area contributed by atoms with E-state index < -0.39 is 16.9 Å². The molecule has 3 aliphatic rings. The van der Waals surface area contributed by atoms with Gasteiger partial charge in [-0.05, 0) is 133 Å². The van der Waals surface area contributed by atoms with Gasteiger partial charge in [0.05, 0.1) is 34.0 Å². The molecule has 0 amide bonds. The molecule has 0 saturated heterocycles. The molecule has 3 aliphatic heterocycles. The molecule has 0 saturated carbocycles. The summed E-state index contributed by atoms with van der Waals surface area (Å²) in [4.78, 5) is 6.22. The third-order valence-electron chi connectivity index (χ3n) is 14.5. The summed E-state index contributed by atoms with van der Waals surface area (Å²) in [5.74, 6) is 1.83. The minimum atomic E-state index is -0.815. The molecule has 12 rings (SSSR count). The summed E-state index contributed by atoms with van der Waals surface area (Å²) in [6.45, 7) is 8.26. The van der Waals surface area contributed by atoms with E-state index in [2.05, 4.69) is 103 Å². The lowest BCUT2D eigenvalue weighted by Crippen LogP contribution is -2.42. The van der Waals surface area contributed by atoms with E-state index in [-0.39, 0.29) is 5.69 Å². The molecule has 0 atom stereocenters. The normalized spacial score (nSPS) is 14.9. The topological polar surface area (TPSA) is 52.0 Å². The number of benzene rings is 9. The van der Waals surface area contributed by atoms with Crippen LogP contribution in [0.3, 0.4) is 0 Å². The minimum absolute atomic E-state index is 0.230. The molecule has 334 valence electrons. The van der Waals surface area contributed by atoms with Gasteiger partial charge in [-0.1, -0.05) is 146 Å². The second-order valence-corrected chi connectivity index (χ2v) is 19.0. The van der Waals surface area contributed by atoms with Crippen molar-refractivity contribution in [2.24, 2.45) is 0 Å². The van der Waals surface area contributed by atoms with Gasteiger partial charge in [0.15, 0.2) is 28.8 Å². The molecule has 0 fully saturated rings. The highest BCUT2D eigenvalue weighted by Crippen LogP contribution is 2.63. The van der Waals surface area contributed by atoms with Crippen LogP contribution in [0.4, 0.5) is 38.5 Å². The Morgan fingerprint density at radius 2 is 0.710 bits per heavy atom. The van der Waals surface area contributed by atoms with Crippen LogP contribution < -0.4 is 19.3 Å². The van der Waals surface area contributed by atoms with Crippen LogP contribution in [-0.2, 0) is 11.1 Å². The fraction of sp³-hybridized carbons (Fsp3) is 0.113. The van der Waals surface area contributed by atoms with Gasteiger partial charge < -0.3 is 14.4 Å². The predicted molar refractivity (Wildman–Crippen MR) is 276 cm³/mol. The zero-order chi connectivity index (χ0) is 47.2. The number of nitrogens with zero attached hydrogens (tertiary/aromatic N) is 4. The molecule has 0 radical (unpaired) electrons. The molecule has 9 aromatic rings. The first-order chi connectivity index (χ1) is 33.5. The molecule has 0 aromatic heterocycles. The van der Waals surface area contributed by atoms with Crippen LogP contribution in [0.1, 0.15) is 44.4 Å². The number of anilines is 6. The van der Waals surface area contributed by atoms with E-state index in [9.17, 15) is 5.26 Å². The highest BCUT2D eigenvalue weighted by Gasteiger charge is 2.53. The molecule has 0 bridgehead atoms. The largest absolute Gasteiger partial charge is 0.453 e. The number of hydrogen-bond donors (Lipinski definition) is 0. The second kappa shape index (κ2) is 15.8. The Morgan fingerprint density at radius 3 is 1.03 bits per heavy atom. The smallest absolute Gasteiger partial charge is 0.154 e. The fourth-order valence-electron chi connectivity index (χ4n) is 10.8. The highest BCUT2D eigenvalue weighted by atomic mass is 19.1. The Balaban J connectivity index is 1.19. The van der Waals surface area contributed by atoms with Gasteiger partial charge in [-0.2, -0.15) is 5.26 Å². The number of hydrogen-bond acceptors (Lipinski definition) is 6. The van der Waals surface area contributed by atoms with E-state index in [1.807, 2.05) is 147 Å². The van der Waals surface area contributed by atoms with Crippen LogP contribution in [0.15, 0.2) is 194 Å². The molecular weight excluding hydrogens is 852 g/mol. The molecular formula is C62H47FN4O2. The summed E-state index contributed by atoms with van der Waals surface area (Å²) >= 11 is 0. The van der Waals surface area contributed by atoms with Gasteiger partial charge in [0.25, 0.3) is 0 Å².